The Balaban J connectivity index is 0.000001000. The van der Waals surface area contributed by atoms with Gasteiger partial charge in [0.2, 0.25) is 0 Å². The molecule has 0 atom stereocenters. The highest BCUT2D eigenvalue weighted by Gasteiger charge is 2.08. The average molecular weight is 237 g/mol. The van der Waals surface area contributed by atoms with Crippen molar-refractivity contribution in [3.05, 3.63) is 10.6 Å². The monoisotopic (exact) mass is 236 g/mol. The summed E-state index contributed by atoms with van der Waals surface area (Å²) in [5, 5.41) is 0.461. The van der Waals surface area contributed by atoms with Gasteiger partial charge in [0.15, 0.2) is 10.9 Å². The van der Waals surface area contributed by atoms with E-state index in [9.17, 15) is 4.79 Å². The van der Waals surface area contributed by atoms with Crippen LogP contribution in [0.15, 0.2) is 0 Å². The highest BCUT2D eigenvalue weighted by Crippen LogP contribution is 2.19. The molecule has 0 aliphatic heterocycles. The third-order valence-corrected chi connectivity index (χ3v) is 2.22. The van der Waals surface area contributed by atoms with E-state index in [1.165, 1.54) is 18.3 Å². The smallest absolute Gasteiger partial charge is 0.180 e. The predicted molar refractivity (Wildman–Crippen MR) is 51.6 cm³/mol. The molecular formula is C6H9BrN2OS. The molecule has 2 N–H and O–H groups in total. The summed E-state index contributed by atoms with van der Waals surface area (Å²) >= 11 is 1.24. The molecule has 11 heavy (non-hydrogen) atoms. The number of carbonyl (C=O) groups is 1. The van der Waals surface area contributed by atoms with Crippen LogP contribution in [-0.2, 0) is 0 Å². The Morgan fingerprint density at radius 1 is 1.64 bits per heavy atom. The minimum absolute atomic E-state index is 0. The molecule has 0 aliphatic carbocycles. The van der Waals surface area contributed by atoms with Gasteiger partial charge in [0.05, 0.1) is 10.6 Å². The Labute approximate surface area is 79.4 Å². The van der Waals surface area contributed by atoms with Crippen molar-refractivity contribution < 1.29 is 4.79 Å². The van der Waals surface area contributed by atoms with E-state index in [1.807, 2.05) is 0 Å². The van der Waals surface area contributed by atoms with Gasteiger partial charge < -0.3 is 5.73 Å². The first-order valence-corrected chi connectivity index (χ1v) is 3.66. The number of carbonyl (C=O) groups excluding carboxylic acids is 1. The number of rotatable bonds is 1. The van der Waals surface area contributed by atoms with Crippen LogP contribution in [0.4, 0.5) is 5.13 Å². The second kappa shape index (κ2) is 3.82. The van der Waals surface area contributed by atoms with Crippen LogP contribution < -0.4 is 5.73 Å². The van der Waals surface area contributed by atoms with Gasteiger partial charge in [-0.15, -0.1) is 17.0 Å². The number of aryl methyl sites for hydroxylation is 1. The third-order valence-electron chi connectivity index (χ3n) is 1.13. The standard InChI is InChI=1S/C6H8N2OS.BrH/c1-3-5(4(2)9)10-6(7)8-3;/h1-2H3,(H2,7,8);1H. The van der Waals surface area contributed by atoms with Gasteiger partial charge in [-0.25, -0.2) is 4.98 Å². The molecule has 62 valence electrons. The first-order chi connectivity index (χ1) is 4.61. The number of halogens is 1. The van der Waals surface area contributed by atoms with Crippen LogP contribution in [0.1, 0.15) is 22.3 Å². The van der Waals surface area contributed by atoms with E-state index in [2.05, 4.69) is 4.98 Å². The number of Topliss-reactive ketones (excluding diaryl/α,β-unsaturated/α-hetero) is 1. The molecule has 0 aliphatic rings. The maximum absolute atomic E-state index is 10.8. The van der Waals surface area contributed by atoms with Gasteiger partial charge in [0, 0.05) is 6.92 Å². The van der Waals surface area contributed by atoms with E-state index in [4.69, 9.17) is 5.73 Å². The van der Waals surface area contributed by atoms with Gasteiger partial charge in [0.1, 0.15) is 0 Å². The first kappa shape index (κ1) is 10.6. The van der Waals surface area contributed by atoms with Crippen LogP contribution in [-0.4, -0.2) is 10.8 Å². The van der Waals surface area contributed by atoms with E-state index in [1.54, 1.807) is 6.92 Å². The number of hydrogen-bond acceptors (Lipinski definition) is 4. The lowest BCUT2D eigenvalue weighted by Gasteiger charge is -1.85. The summed E-state index contributed by atoms with van der Waals surface area (Å²) in [6, 6.07) is 0. The van der Waals surface area contributed by atoms with Gasteiger partial charge in [-0.2, -0.15) is 0 Å². The van der Waals surface area contributed by atoms with E-state index < -0.39 is 0 Å². The molecule has 0 aromatic carbocycles. The zero-order chi connectivity index (χ0) is 7.72. The first-order valence-electron chi connectivity index (χ1n) is 2.85. The van der Waals surface area contributed by atoms with Gasteiger partial charge in [0.25, 0.3) is 0 Å². The molecule has 3 nitrogen and oxygen atoms in total. The van der Waals surface area contributed by atoms with Gasteiger partial charge >= 0.3 is 0 Å². The van der Waals surface area contributed by atoms with E-state index in [-0.39, 0.29) is 22.8 Å². The average Bonchev–Trinajstić information content (AvgIpc) is 2.10. The number of ketones is 1. The zero-order valence-corrected chi connectivity index (χ0v) is 8.78. The van der Waals surface area contributed by atoms with E-state index in [0.717, 1.165) is 5.69 Å². The van der Waals surface area contributed by atoms with Crippen molar-refractivity contribution in [1.29, 1.82) is 0 Å². The number of anilines is 1. The molecule has 1 heterocycles. The van der Waals surface area contributed by atoms with E-state index in [0.29, 0.717) is 10.0 Å². The fourth-order valence-electron chi connectivity index (χ4n) is 0.744. The fourth-order valence-corrected chi connectivity index (χ4v) is 1.47. The number of aromatic nitrogens is 1. The molecule has 1 aromatic heterocycles. The quantitative estimate of drug-likeness (QED) is 0.758. The molecule has 5 heteroatoms. The second-order valence-corrected chi connectivity index (χ2v) is 3.05. The van der Waals surface area contributed by atoms with Crippen LogP contribution in [0.2, 0.25) is 0 Å². The van der Waals surface area contributed by atoms with Crippen molar-refractivity contribution >= 4 is 39.2 Å². The van der Waals surface area contributed by atoms with Crippen LogP contribution in [0, 0.1) is 6.92 Å². The Morgan fingerprint density at radius 2 is 2.18 bits per heavy atom. The van der Waals surface area contributed by atoms with E-state index >= 15 is 0 Å². The summed E-state index contributed by atoms with van der Waals surface area (Å²) in [5.41, 5.74) is 6.10. The minimum Gasteiger partial charge on any atom is -0.375 e. The third kappa shape index (κ3) is 2.27. The number of nitrogen functional groups attached to an aromatic ring is 1. The fraction of sp³-hybridized carbons (Fsp3) is 0.333. The van der Waals surface area contributed by atoms with Crippen molar-refractivity contribution in [3.63, 3.8) is 0 Å². The molecule has 0 saturated heterocycles. The summed E-state index contributed by atoms with van der Waals surface area (Å²) in [7, 11) is 0. The molecule has 0 bridgehead atoms. The molecule has 0 fully saturated rings. The Bertz CT molecular complexity index is 272. The second-order valence-electron chi connectivity index (χ2n) is 2.02. The topological polar surface area (TPSA) is 56.0 Å². The molecule has 0 radical (unpaired) electrons. The van der Waals surface area contributed by atoms with Crippen molar-refractivity contribution in [3.8, 4) is 0 Å². The Kier molecular flexibility index (Phi) is 3.68. The zero-order valence-electron chi connectivity index (χ0n) is 6.25. The lowest BCUT2D eigenvalue weighted by Crippen LogP contribution is -1.89. The number of nitrogens with zero attached hydrogens (tertiary/aromatic N) is 1. The maximum Gasteiger partial charge on any atom is 0.180 e. The summed E-state index contributed by atoms with van der Waals surface area (Å²) in [4.78, 5) is 15.4. The van der Waals surface area contributed by atoms with Crippen molar-refractivity contribution in [1.82, 2.24) is 4.98 Å². The normalized spacial score (nSPS) is 8.91. The molecule has 0 unspecified atom stereocenters. The molecular weight excluding hydrogens is 228 g/mol. The van der Waals surface area contributed by atoms with Crippen LogP contribution in [0.3, 0.4) is 0 Å². The van der Waals surface area contributed by atoms with Crippen LogP contribution in [0.25, 0.3) is 0 Å². The largest absolute Gasteiger partial charge is 0.375 e. The highest BCUT2D eigenvalue weighted by atomic mass is 79.9. The summed E-state index contributed by atoms with van der Waals surface area (Å²) in [6.07, 6.45) is 0. The molecule has 0 amide bonds. The Morgan fingerprint density at radius 3 is 2.36 bits per heavy atom. The van der Waals surface area contributed by atoms with Gasteiger partial charge in [-0.05, 0) is 6.92 Å². The number of hydrogen-bond donors (Lipinski definition) is 1. The van der Waals surface area contributed by atoms with Crippen molar-refractivity contribution in [2.45, 2.75) is 13.8 Å². The lowest BCUT2D eigenvalue weighted by atomic mass is 10.3. The molecule has 0 spiro atoms. The summed E-state index contributed by atoms with van der Waals surface area (Å²) in [6.45, 7) is 3.30. The number of thiazole rings is 1. The van der Waals surface area contributed by atoms with Crippen LogP contribution in [0.5, 0.6) is 0 Å². The SMILES string of the molecule is Br.CC(=O)c1sc(N)nc1C. The maximum atomic E-state index is 10.8. The Hall–Kier alpha value is -0.420. The van der Waals surface area contributed by atoms with Crippen molar-refractivity contribution in [2.75, 3.05) is 5.73 Å². The molecule has 0 saturated carbocycles. The lowest BCUT2D eigenvalue weighted by molar-refractivity contribution is 0.102. The predicted octanol–water partition coefficient (Wildman–Crippen LogP) is 1.81. The minimum atomic E-state index is 0. The summed E-state index contributed by atoms with van der Waals surface area (Å²) in [5.74, 6) is 0.0340. The van der Waals surface area contributed by atoms with Gasteiger partial charge in [-0.3, -0.25) is 4.79 Å². The van der Waals surface area contributed by atoms with Crippen molar-refractivity contribution in [2.24, 2.45) is 0 Å². The highest BCUT2D eigenvalue weighted by molar-refractivity contribution is 8.93. The van der Waals surface area contributed by atoms with Gasteiger partial charge in [-0.1, -0.05) is 11.3 Å². The molecule has 1 rings (SSSR count). The summed E-state index contributed by atoms with van der Waals surface area (Å²) < 4.78 is 0. The number of nitrogens with two attached hydrogens (primary N) is 1. The van der Waals surface area contributed by atoms with Crippen LogP contribution >= 0.6 is 28.3 Å². The molecule has 1 aromatic rings.